The van der Waals surface area contributed by atoms with Gasteiger partial charge in [-0.1, -0.05) is 25.5 Å². The third kappa shape index (κ3) is 2.81. The van der Waals surface area contributed by atoms with E-state index < -0.39 is 57.1 Å². The average Bonchev–Trinajstić information content (AvgIpc) is 2.89. The van der Waals surface area contributed by atoms with E-state index in [0.29, 0.717) is 18.4 Å². The Morgan fingerprint density at radius 3 is 2.62 bits per heavy atom. The molecule has 0 aromatic heterocycles. The van der Waals surface area contributed by atoms with Crippen molar-refractivity contribution < 1.29 is 28.6 Å². The number of Topliss-reactive ketones (excluding diaryl/α,β-unsaturated/α-hetero) is 1. The van der Waals surface area contributed by atoms with Crippen LogP contribution in [0, 0.1) is 28.6 Å². The number of ether oxygens (including phenoxy) is 1. The predicted octanol–water partition coefficient (Wildman–Crippen LogP) is 3.93. The van der Waals surface area contributed by atoms with Gasteiger partial charge in [-0.05, 0) is 50.2 Å². The third-order valence-electron chi connectivity index (χ3n) is 8.93. The summed E-state index contributed by atoms with van der Waals surface area (Å²) in [6.07, 6.45) is 3.61. The average molecular weight is 487 g/mol. The molecule has 4 rings (SSSR count). The zero-order chi connectivity index (χ0) is 23.9. The summed E-state index contributed by atoms with van der Waals surface area (Å²) >= 11 is 13.9. The Bertz CT molecular complexity index is 949. The molecule has 0 aromatic rings. The summed E-state index contributed by atoms with van der Waals surface area (Å²) < 4.78 is 22.2. The molecule has 3 fully saturated rings. The molecule has 32 heavy (non-hydrogen) atoms. The number of fused-ring (bicyclic) bond motifs is 5. The molecular formula is C24H29Cl2FO5. The molecule has 176 valence electrons. The molecule has 4 aliphatic rings. The Morgan fingerprint density at radius 1 is 1.34 bits per heavy atom. The maximum absolute atomic E-state index is 17.2. The van der Waals surface area contributed by atoms with Gasteiger partial charge in [-0.2, -0.15) is 0 Å². The van der Waals surface area contributed by atoms with Gasteiger partial charge in [0.15, 0.2) is 23.8 Å². The van der Waals surface area contributed by atoms with Crippen molar-refractivity contribution in [1.29, 1.82) is 0 Å². The van der Waals surface area contributed by atoms with Crippen LogP contribution in [-0.2, 0) is 19.1 Å². The zero-order valence-electron chi connectivity index (χ0n) is 18.7. The van der Waals surface area contributed by atoms with Gasteiger partial charge in [0, 0.05) is 29.0 Å². The number of esters is 1. The highest BCUT2D eigenvalue weighted by atomic mass is 35.5. The van der Waals surface area contributed by atoms with Crippen LogP contribution in [0.25, 0.3) is 0 Å². The van der Waals surface area contributed by atoms with Crippen LogP contribution in [0.3, 0.4) is 0 Å². The van der Waals surface area contributed by atoms with E-state index in [1.807, 2.05) is 13.8 Å². The minimum Gasteiger partial charge on any atom is -0.458 e. The number of alkyl halides is 3. The molecule has 4 aliphatic carbocycles. The molecule has 1 N–H and O–H groups in total. The van der Waals surface area contributed by atoms with Gasteiger partial charge < -0.3 is 9.84 Å². The standard InChI is InChI=1S/C24H29Cl2FO5/c1-12-7-16-20-17(25)9-14-8-15(29)5-6-21(14,3)24(20,27)18(30)10-22(16,4)23(12,26)19(31)11-32-13(2)28/h5-6,8,12,16-18,20,30H,7,9-11H2,1-4H3/t12-,16+,17-,18+,20-,21+,22+,23+,24-/m1/s1. The Morgan fingerprint density at radius 2 is 2.00 bits per heavy atom. The van der Waals surface area contributed by atoms with Gasteiger partial charge in [-0.15, -0.1) is 23.2 Å². The van der Waals surface area contributed by atoms with Gasteiger partial charge in [0.05, 0.1) is 6.10 Å². The van der Waals surface area contributed by atoms with Crippen LogP contribution in [-0.4, -0.2) is 51.3 Å². The molecule has 0 bridgehead atoms. The maximum Gasteiger partial charge on any atom is 0.303 e. The molecule has 0 aliphatic heterocycles. The van der Waals surface area contributed by atoms with E-state index >= 15 is 4.39 Å². The normalized spacial score (nSPS) is 49.6. The topological polar surface area (TPSA) is 80.7 Å². The maximum atomic E-state index is 17.2. The van der Waals surface area contributed by atoms with Gasteiger partial charge in [0.1, 0.15) is 4.87 Å². The van der Waals surface area contributed by atoms with Gasteiger partial charge in [-0.25, -0.2) is 4.39 Å². The monoisotopic (exact) mass is 486 g/mol. The van der Waals surface area contributed by atoms with E-state index in [2.05, 4.69) is 0 Å². The number of carbonyl (C=O) groups excluding carboxylic acids is 3. The molecule has 3 saturated carbocycles. The van der Waals surface area contributed by atoms with Crippen LogP contribution in [0.4, 0.5) is 4.39 Å². The lowest BCUT2D eigenvalue weighted by molar-refractivity contribution is -0.192. The first kappa shape index (κ1) is 23.9. The van der Waals surface area contributed by atoms with Crippen molar-refractivity contribution in [2.75, 3.05) is 6.61 Å². The number of allylic oxidation sites excluding steroid dienone is 4. The quantitative estimate of drug-likeness (QED) is 0.482. The molecule has 0 spiro atoms. The summed E-state index contributed by atoms with van der Waals surface area (Å²) in [6.45, 7) is 6.12. The van der Waals surface area contributed by atoms with Crippen LogP contribution in [0.2, 0.25) is 0 Å². The number of aliphatic hydroxyl groups excluding tert-OH is 1. The highest BCUT2D eigenvalue weighted by Gasteiger charge is 2.76. The lowest BCUT2D eigenvalue weighted by atomic mass is 9.45. The largest absolute Gasteiger partial charge is 0.458 e. The van der Waals surface area contributed by atoms with Crippen molar-refractivity contribution in [2.45, 2.75) is 69.0 Å². The second-order valence-corrected chi connectivity index (χ2v) is 11.6. The molecule has 5 nitrogen and oxygen atoms in total. The van der Waals surface area contributed by atoms with Gasteiger partial charge >= 0.3 is 5.97 Å². The van der Waals surface area contributed by atoms with E-state index in [9.17, 15) is 19.5 Å². The molecule has 0 amide bonds. The Kier molecular flexibility index (Phi) is 5.51. The van der Waals surface area contributed by atoms with Gasteiger partial charge in [0.25, 0.3) is 0 Å². The lowest BCUT2D eigenvalue weighted by Crippen LogP contribution is -2.70. The van der Waals surface area contributed by atoms with Crippen LogP contribution in [0.15, 0.2) is 23.8 Å². The second-order valence-electron chi connectivity index (χ2n) is 10.4. The minimum absolute atomic E-state index is 0.0431. The highest BCUT2D eigenvalue weighted by Crippen LogP contribution is 2.72. The van der Waals surface area contributed by atoms with Crippen LogP contribution in [0.5, 0.6) is 0 Å². The summed E-state index contributed by atoms with van der Waals surface area (Å²) in [7, 11) is 0. The van der Waals surface area contributed by atoms with E-state index in [4.69, 9.17) is 27.9 Å². The fraction of sp³-hybridized carbons (Fsp3) is 0.708. The fourth-order valence-electron chi connectivity index (χ4n) is 7.32. The number of rotatable bonds is 3. The van der Waals surface area contributed by atoms with Crippen molar-refractivity contribution in [3.63, 3.8) is 0 Å². The number of halogens is 3. The smallest absolute Gasteiger partial charge is 0.303 e. The minimum atomic E-state index is -2.12. The molecule has 0 unspecified atom stereocenters. The first-order valence-corrected chi connectivity index (χ1v) is 11.9. The van der Waals surface area contributed by atoms with Crippen LogP contribution in [0.1, 0.15) is 47.0 Å². The summed E-state index contributed by atoms with van der Waals surface area (Å²) in [5.41, 5.74) is -3.67. The first-order valence-electron chi connectivity index (χ1n) is 11.0. The van der Waals surface area contributed by atoms with Crippen molar-refractivity contribution in [1.82, 2.24) is 0 Å². The molecule has 8 heteroatoms. The third-order valence-corrected chi connectivity index (χ3v) is 10.4. The molecule has 0 saturated heterocycles. The van der Waals surface area contributed by atoms with Crippen molar-refractivity contribution >= 4 is 40.7 Å². The SMILES string of the molecule is CC(=O)OCC(=O)[C@@]1(Cl)[C@H](C)C[C@H]2[C@@H]3[C@H](Cl)CC4=CC(=O)C=C[C@]4(C)[C@@]3(F)[C@@H](O)C[C@@]21C. The highest BCUT2D eigenvalue weighted by molar-refractivity contribution is 6.36. The fourth-order valence-corrected chi connectivity index (χ4v) is 8.21. The number of hydrogen-bond donors (Lipinski definition) is 1. The number of hydrogen-bond acceptors (Lipinski definition) is 5. The van der Waals surface area contributed by atoms with Crippen LogP contribution < -0.4 is 0 Å². The number of ketones is 2. The van der Waals surface area contributed by atoms with E-state index in [1.165, 1.54) is 19.1 Å². The van der Waals surface area contributed by atoms with Crippen LogP contribution >= 0.6 is 23.2 Å². The molecule has 0 heterocycles. The molecule has 0 aromatic carbocycles. The number of carbonyl (C=O) groups is 3. The summed E-state index contributed by atoms with van der Waals surface area (Å²) in [5, 5.41) is 10.7. The lowest BCUT2D eigenvalue weighted by Gasteiger charge is -2.63. The Hall–Kier alpha value is -1.24. The van der Waals surface area contributed by atoms with E-state index in [1.54, 1.807) is 13.0 Å². The van der Waals surface area contributed by atoms with Gasteiger partial charge in [0.2, 0.25) is 0 Å². The molecular weight excluding hydrogens is 458 g/mol. The van der Waals surface area contributed by atoms with E-state index in [-0.39, 0.29) is 24.0 Å². The number of aliphatic hydroxyl groups is 1. The Labute approximate surface area is 197 Å². The summed E-state index contributed by atoms with van der Waals surface area (Å²) in [5.74, 6) is -2.74. The second kappa shape index (κ2) is 7.38. The molecule has 9 atom stereocenters. The van der Waals surface area contributed by atoms with Crippen molar-refractivity contribution in [3.05, 3.63) is 23.8 Å². The summed E-state index contributed by atoms with van der Waals surface area (Å²) in [6, 6.07) is 0. The first-order chi connectivity index (χ1) is 14.7. The summed E-state index contributed by atoms with van der Waals surface area (Å²) in [4.78, 5) is 35.0. The molecule has 0 radical (unpaired) electrons. The van der Waals surface area contributed by atoms with Gasteiger partial charge in [-0.3, -0.25) is 14.4 Å². The Balaban J connectivity index is 1.80. The van der Waals surface area contributed by atoms with E-state index in [0.717, 1.165) is 0 Å². The van der Waals surface area contributed by atoms with Crippen molar-refractivity contribution in [2.24, 2.45) is 28.6 Å². The zero-order valence-corrected chi connectivity index (χ0v) is 20.2. The predicted molar refractivity (Wildman–Crippen MR) is 118 cm³/mol. The van der Waals surface area contributed by atoms with Crippen molar-refractivity contribution in [3.8, 4) is 0 Å².